The Bertz CT molecular complexity index is 466. The summed E-state index contributed by atoms with van der Waals surface area (Å²) in [6, 6.07) is 8.22. The van der Waals surface area contributed by atoms with Gasteiger partial charge in [-0.1, -0.05) is 39.0 Å². The zero-order valence-electron chi connectivity index (χ0n) is 12.4. The van der Waals surface area contributed by atoms with E-state index >= 15 is 0 Å². The predicted molar refractivity (Wildman–Crippen MR) is 77.6 cm³/mol. The van der Waals surface area contributed by atoms with Crippen LogP contribution in [0.25, 0.3) is 0 Å². The second-order valence-corrected chi connectivity index (χ2v) is 5.85. The van der Waals surface area contributed by atoms with Crippen LogP contribution in [0.1, 0.15) is 58.4 Å². The molecule has 0 aromatic heterocycles. The first-order chi connectivity index (χ1) is 9.02. The van der Waals surface area contributed by atoms with Crippen molar-refractivity contribution in [2.45, 2.75) is 59.0 Å². The first-order valence-corrected chi connectivity index (χ1v) is 7.31. The van der Waals surface area contributed by atoms with Crippen LogP contribution < -0.4 is 4.74 Å². The van der Waals surface area contributed by atoms with Gasteiger partial charge >= 0.3 is 0 Å². The Labute approximate surface area is 116 Å². The van der Waals surface area contributed by atoms with Gasteiger partial charge in [0.1, 0.15) is 17.6 Å². The van der Waals surface area contributed by atoms with Gasteiger partial charge in [-0.05, 0) is 37.3 Å². The van der Waals surface area contributed by atoms with Gasteiger partial charge in [-0.15, -0.1) is 0 Å². The molecule has 104 valence electrons. The first-order valence-electron chi connectivity index (χ1n) is 7.31. The fourth-order valence-electron chi connectivity index (χ4n) is 2.64. The maximum absolute atomic E-state index is 11.8. The summed E-state index contributed by atoms with van der Waals surface area (Å²) in [5, 5.41) is 0. The molecule has 0 radical (unpaired) electrons. The molecule has 2 rings (SSSR count). The smallest absolute Gasteiger partial charge is 0.146 e. The van der Waals surface area contributed by atoms with Crippen LogP contribution in [0.5, 0.6) is 5.75 Å². The second kappa shape index (κ2) is 5.36. The van der Waals surface area contributed by atoms with Crippen molar-refractivity contribution in [1.29, 1.82) is 0 Å². The van der Waals surface area contributed by atoms with Crippen molar-refractivity contribution in [3.8, 4) is 5.75 Å². The molecular weight excluding hydrogens is 236 g/mol. The molecule has 1 saturated carbocycles. The van der Waals surface area contributed by atoms with E-state index in [1.807, 2.05) is 19.1 Å². The van der Waals surface area contributed by atoms with Gasteiger partial charge in [0, 0.05) is 6.42 Å². The summed E-state index contributed by atoms with van der Waals surface area (Å²) in [6.45, 7) is 8.49. The summed E-state index contributed by atoms with van der Waals surface area (Å²) in [6.07, 6.45) is 2.53. The number of carbonyl (C=O) groups is 1. The van der Waals surface area contributed by atoms with E-state index in [0.717, 1.165) is 18.6 Å². The normalized spacial score (nSPS) is 27.8. The lowest BCUT2D eigenvalue weighted by atomic mass is 9.64. The lowest BCUT2D eigenvalue weighted by Gasteiger charge is -2.44. The molecule has 0 N–H and O–H groups in total. The van der Waals surface area contributed by atoms with E-state index in [1.54, 1.807) is 0 Å². The monoisotopic (exact) mass is 260 g/mol. The molecule has 1 aromatic carbocycles. The summed E-state index contributed by atoms with van der Waals surface area (Å²) in [7, 11) is 0. The number of benzene rings is 1. The van der Waals surface area contributed by atoms with Crippen LogP contribution in [-0.2, 0) is 4.79 Å². The zero-order chi connectivity index (χ0) is 14.0. The van der Waals surface area contributed by atoms with E-state index in [2.05, 4.69) is 32.9 Å². The van der Waals surface area contributed by atoms with Gasteiger partial charge in [0.15, 0.2) is 0 Å². The third-order valence-corrected chi connectivity index (χ3v) is 4.78. The van der Waals surface area contributed by atoms with Gasteiger partial charge in [-0.3, -0.25) is 4.79 Å². The number of ketones is 1. The third kappa shape index (κ3) is 2.41. The summed E-state index contributed by atoms with van der Waals surface area (Å²) < 4.78 is 6.16. The van der Waals surface area contributed by atoms with Crippen molar-refractivity contribution in [2.75, 3.05) is 0 Å². The van der Waals surface area contributed by atoms with Gasteiger partial charge < -0.3 is 4.74 Å². The van der Waals surface area contributed by atoms with E-state index < -0.39 is 0 Å². The molecule has 2 heteroatoms. The summed E-state index contributed by atoms with van der Waals surface area (Å²) in [5.41, 5.74) is 0.963. The highest BCUT2D eigenvalue weighted by atomic mass is 16.5. The maximum atomic E-state index is 11.8. The van der Waals surface area contributed by atoms with Gasteiger partial charge in [0.05, 0.1) is 5.41 Å². The largest absolute Gasteiger partial charge is 0.489 e. The minimum atomic E-state index is -0.289. The number of Topliss-reactive ketones (excluding diaryl/α,β-unsaturated/α-hetero) is 1. The third-order valence-electron chi connectivity index (χ3n) is 4.78. The molecule has 0 spiro atoms. The molecule has 2 nitrogen and oxygen atoms in total. The second-order valence-electron chi connectivity index (χ2n) is 5.85. The lowest BCUT2D eigenvalue weighted by molar-refractivity contribution is -0.150. The average molecular weight is 260 g/mol. The van der Waals surface area contributed by atoms with E-state index in [-0.39, 0.29) is 11.5 Å². The Balaban J connectivity index is 2.19. The standard InChI is InChI=1S/C17H24O2/c1-5-12(3)13-9-7-8-10-14(13)19-16-11-15(18)17(16,4)6-2/h7-10,12,16H,5-6,11H2,1-4H3. The average Bonchev–Trinajstić information content (AvgIpc) is 2.45. The Morgan fingerprint density at radius 3 is 2.63 bits per heavy atom. The fraction of sp³-hybridized carbons (Fsp3) is 0.588. The lowest BCUT2D eigenvalue weighted by Crippen LogP contribution is -2.54. The minimum absolute atomic E-state index is 0.0372. The Hall–Kier alpha value is -1.31. The van der Waals surface area contributed by atoms with E-state index in [4.69, 9.17) is 4.74 Å². The number of hydrogen-bond donors (Lipinski definition) is 0. The number of hydrogen-bond acceptors (Lipinski definition) is 2. The van der Waals surface area contributed by atoms with E-state index in [1.165, 1.54) is 5.56 Å². The molecule has 3 unspecified atom stereocenters. The number of rotatable bonds is 5. The van der Waals surface area contributed by atoms with Crippen molar-refractivity contribution in [2.24, 2.45) is 5.41 Å². The Morgan fingerprint density at radius 2 is 2.05 bits per heavy atom. The highest BCUT2D eigenvalue weighted by Crippen LogP contribution is 2.43. The molecule has 1 aliphatic rings. The fourth-order valence-corrected chi connectivity index (χ4v) is 2.64. The van der Waals surface area contributed by atoms with Crippen LogP contribution in [0.4, 0.5) is 0 Å². The molecule has 0 saturated heterocycles. The summed E-state index contributed by atoms with van der Waals surface area (Å²) in [4.78, 5) is 11.8. The van der Waals surface area contributed by atoms with Crippen molar-refractivity contribution in [3.63, 3.8) is 0 Å². The number of ether oxygens (including phenoxy) is 1. The summed E-state index contributed by atoms with van der Waals surface area (Å²) in [5.74, 6) is 1.77. The van der Waals surface area contributed by atoms with Crippen LogP contribution in [0.2, 0.25) is 0 Å². The zero-order valence-corrected chi connectivity index (χ0v) is 12.4. The van der Waals surface area contributed by atoms with Crippen LogP contribution in [-0.4, -0.2) is 11.9 Å². The van der Waals surface area contributed by atoms with Gasteiger partial charge in [0.25, 0.3) is 0 Å². The number of para-hydroxylation sites is 1. The molecule has 1 fully saturated rings. The minimum Gasteiger partial charge on any atom is -0.489 e. The highest BCUT2D eigenvalue weighted by Gasteiger charge is 2.51. The molecule has 0 bridgehead atoms. The van der Waals surface area contributed by atoms with Gasteiger partial charge in [-0.2, -0.15) is 0 Å². The molecule has 3 atom stereocenters. The summed E-state index contributed by atoms with van der Waals surface area (Å²) >= 11 is 0. The predicted octanol–water partition coefficient (Wildman–Crippen LogP) is 4.34. The molecule has 1 aliphatic carbocycles. The van der Waals surface area contributed by atoms with Gasteiger partial charge in [-0.25, -0.2) is 0 Å². The Morgan fingerprint density at radius 1 is 1.37 bits per heavy atom. The SMILES string of the molecule is CCC(C)c1ccccc1OC1CC(=O)C1(C)CC. The van der Waals surface area contributed by atoms with Crippen molar-refractivity contribution in [3.05, 3.63) is 29.8 Å². The van der Waals surface area contributed by atoms with Crippen LogP contribution in [0.15, 0.2) is 24.3 Å². The van der Waals surface area contributed by atoms with Gasteiger partial charge in [0.2, 0.25) is 0 Å². The van der Waals surface area contributed by atoms with Crippen molar-refractivity contribution < 1.29 is 9.53 Å². The van der Waals surface area contributed by atoms with Crippen molar-refractivity contribution in [1.82, 2.24) is 0 Å². The van der Waals surface area contributed by atoms with E-state index in [9.17, 15) is 4.79 Å². The molecule has 0 aliphatic heterocycles. The van der Waals surface area contributed by atoms with E-state index in [0.29, 0.717) is 18.1 Å². The van der Waals surface area contributed by atoms with Crippen LogP contribution >= 0.6 is 0 Å². The maximum Gasteiger partial charge on any atom is 0.146 e. The molecule has 0 amide bonds. The molecule has 1 aromatic rings. The quantitative estimate of drug-likeness (QED) is 0.787. The molecule has 0 heterocycles. The highest BCUT2D eigenvalue weighted by molar-refractivity contribution is 5.92. The molecule has 19 heavy (non-hydrogen) atoms. The Kier molecular flexibility index (Phi) is 3.98. The molecular formula is C17H24O2. The van der Waals surface area contributed by atoms with Crippen LogP contribution in [0, 0.1) is 5.41 Å². The van der Waals surface area contributed by atoms with Crippen molar-refractivity contribution >= 4 is 5.78 Å². The van der Waals surface area contributed by atoms with Crippen LogP contribution in [0.3, 0.4) is 0 Å². The first kappa shape index (κ1) is 14.1. The topological polar surface area (TPSA) is 26.3 Å². The number of carbonyl (C=O) groups excluding carboxylic acids is 1.